The van der Waals surface area contributed by atoms with Gasteiger partial charge in [-0.15, -0.1) is 0 Å². The minimum atomic E-state index is -0.534. The van der Waals surface area contributed by atoms with Gasteiger partial charge in [0.2, 0.25) is 0 Å². The van der Waals surface area contributed by atoms with Crippen LogP contribution in [0.15, 0.2) is 18.6 Å². The summed E-state index contributed by atoms with van der Waals surface area (Å²) in [4.78, 5) is 33.5. The van der Waals surface area contributed by atoms with Gasteiger partial charge < -0.3 is 9.64 Å². The zero-order chi connectivity index (χ0) is 19.4. The fourth-order valence-electron chi connectivity index (χ4n) is 3.56. The van der Waals surface area contributed by atoms with Crippen molar-refractivity contribution in [1.29, 1.82) is 0 Å². The van der Waals surface area contributed by atoms with Crippen molar-refractivity contribution in [2.45, 2.75) is 45.7 Å². The molecular weight excluding hydrogens is 346 g/mol. The average Bonchev–Trinajstić information content (AvgIpc) is 3.14. The largest absolute Gasteiger partial charge is 0.467 e. The molecule has 146 valence electrons. The second-order valence-corrected chi connectivity index (χ2v) is 6.78. The molecule has 1 saturated heterocycles. The Kier molecular flexibility index (Phi) is 6.05. The van der Waals surface area contributed by atoms with Crippen LogP contribution in [-0.4, -0.2) is 69.1 Å². The van der Waals surface area contributed by atoms with Crippen LogP contribution in [0.4, 0.5) is 0 Å². The Bertz CT molecular complexity index is 815. The quantitative estimate of drug-likeness (QED) is 0.718. The maximum atomic E-state index is 13.1. The summed E-state index contributed by atoms with van der Waals surface area (Å²) in [6.45, 7) is 7.49. The van der Waals surface area contributed by atoms with Crippen LogP contribution >= 0.6 is 0 Å². The van der Waals surface area contributed by atoms with Gasteiger partial charge in [0.05, 0.1) is 13.3 Å². The number of rotatable bonds is 6. The lowest BCUT2D eigenvalue weighted by Gasteiger charge is -2.33. The molecule has 2 aromatic rings. The van der Waals surface area contributed by atoms with E-state index in [-0.39, 0.29) is 11.9 Å². The lowest BCUT2D eigenvalue weighted by atomic mass is 10.0. The molecule has 27 heavy (non-hydrogen) atoms. The number of ether oxygens (including phenoxy) is 1. The molecule has 0 saturated carbocycles. The molecule has 0 radical (unpaired) electrons. The van der Waals surface area contributed by atoms with Gasteiger partial charge in [0.25, 0.3) is 5.91 Å². The molecule has 8 heteroatoms. The van der Waals surface area contributed by atoms with Crippen LogP contribution < -0.4 is 0 Å². The van der Waals surface area contributed by atoms with Gasteiger partial charge in [-0.05, 0) is 32.4 Å². The number of esters is 1. The molecule has 1 amide bonds. The van der Waals surface area contributed by atoms with E-state index in [1.54, 1.807) is 15.6 Å². The van der Waals surface area contributed by atoms with E-state index in [0.717, 1.165) is 38.0 Å². The Balaban J connectivity index is 1.85. The standard InChI is InChI=1S/C19H27N5O3/c1-4-22(5-2)12-14-10-20-17-15(11-21-24(17)13-14)18(25)23-9-7-6-8-16(23)19(26)27-3/h10-11,13,16H,4-9,12H2,1-3H3/t16-/m1/s1. The van der Waals surface area contributed by atoms with Crippen molar-refractivity contribution >= 4 is 17.5 Å². The average molecular weight is 373 g/mol. The Labute approximate surface area is 159 Å². The predicted molar refractivity (Wildman–Crippen MR) is 100 cm³/mol. The van der Waals surface area contributed by atoms with Crippen molar-refractivity contribution in [3.63, 3.8) is 0 Å². The van der Waals surface area contributed by atoms with E-state index in [1.165, 1.54) is 13.3 Å². The first kappa shape index (κ1) is 19.3. The van der Waals surface area contributed by atoms with Crippen molar-refractivity contribution in [3.05, 3.63) is 29.7 Å². The smallest absolute Gasteiger partial charge is 0.328 e. The lowest BCUT2D eigenvalue weighted by molar-refractivity contribution is -0.147. The van der Waals surface area contributed by atoms with Gasteiger partial charge in [0.1, 0.15) is 11.6 Å². The summed E-state index contributed by atoms with van der Waals surface area (Å²) in [5, 5.41) is 4.32. The molecule has 0 N–H and O–H groups in total. The first-order chi connectivity index (χ1) is 13.1. The highest BCUT2D eigenvalue weighted by molar-refractivity contribution is 6.01. The Morgan fingerprint density at radius 3 is 2.74 bits per heavy atom. The lowest BCUT2D eigenvalue weighted by Crippen LogP contribution is -2.48. The van der Waals surface area contributed by atoms with Gasteiger partial charge in [-0.25, -0.2) is 14.3 Å². The molecule has 1 atom stereocenters. The van der Waals surface area contributed by atoms with Crippen LogP contribution in [-0.2, 0) is 16.1 Å². The van der Waals surface area contributed by atoms with Crippen LogP contribution in [0.25, 0.3) is 5.65 Å². The maximum absolute atomic E-state index is 13.1. The molecule has 0 bridgehead atoms. The molecular formula is C19H27N5O3. The third-order valence-electron chi connectivity index (χ3n) is 5.18. The van der Waals surface area contributed by atoms with Crippen molar-refractivity contribution in [2.24, 2.45) is 0 Å². The molecule has 3 rings (SSSR count). The van der Waals surface area contributed by atoms with Crippen LogP contribution in [0.3, 0.4) is 0 Å². The number of hydrogen-bond acceptors (Lipinski definition) is 6. The Morgan fingerprint density at radius 1 is 1.26 bits per heavy atom. The van der Waals surface area contributed by atoms with Gasteiger partial charge in [0, 0.05) is 31.0 Å². The summed E-state index contributed by atoms with van der Waals surface area (Å²) in [5.41, 5.74) is 1.97. The van der Waals surface area contributed by atoms with E-state index in [1.807, 2.05) is 6.20 Å². The van der Waals surface area contributed by atoms with E-state index in [4.69, 9.17) is 4.74 Å². The SMILES string of the molecule is CCN(CC)Cc1cnc2c(C(=O)N3CCCC[C@@H]3C(=O)OC)cnn2c1. The number of fused-ring (bicyclic) bond motifs is 1. The van der Waals surface area contributed by atoms with Gasteiger partial charge in [0.15, 0.2) is 5.65 Å². The normalized spacial score (nSPS) is 17.5. The molecule has 0 aromatic carbocycles. The highest BCUT2D eigenvalue weighted by Crippen LogP contribution is 2.22. The predicted octanol–water partition coefficient (Wildman–Crippen LogP) is 1.74. The van der Waals surface area contributed by atoms with Crippen molar-refractivity contribution in [2.75, 3.05) is 26.7 Å². The molecule has 0 aliphatic carbocycles. The fourth-order valence-corrected chi connectivity index (χ4v) is 3.56. The monoisotopic (exact) mass is 373 g/mol. The fraction of sp³-hybridized carbons (Fsp3) is 0.579. The number of likely N-dealkylation sites (tertiary alicyclic amines) is 1. The molecule has 3 heterocycles. The number of carbonyl (C=O) groups excluding carboxylic acids is 2. The highest BCUT2D eigenvalue weighted by Gasteiger charge is 2.34. The number of nitrogens with zero attached hydrogens (tertiary/aromatic N) is 5. The molecule has 1 aliphatic rings. The first-order valence-corrected chi connectivity index (χ1v) is 9.52. The third kappa shape index (κ3) is 3.95. The summed E-state index contributed by atoms with van der Waals surface area (Å²) in [7, 11) is 1.36. The van der Waals surface area contributed by atoms with Crippen LogP contribution in [0.2, 0.25) is 0 Å². The number of piperidine rings is 1. The van der Waals surface area contributed by atoms with Gasteiger partial charge in [-0.1, -0.05) is 13.8 Å². The van der Waals surface area contributed by atoms with E-state index >= 15 is 0 Å². The topological polar surface area (TPSA) is 80.0 Å². The van der Waals surface area contributed by atoms with Crippen molar-refractivity contribution < 1.29 is 14.3 Å². The minimum absolute atomic E-state index is 0.218. The number of hydrogen-bond donors (Lipinski definition) is 0. The number of amides is 1. The van der Waals surface area contributed by atoms with Crippen molar-refractivity contribution in [1.82, 2.24) is 24.4 Å². The zero-order valence-electron chi connectivity index (χ0n) is 16.2. The molecule has 0 spiro atoms. The Hall–Kier alpha value is -2.48. The summed E-state index contributed by atoms with van der Waals surface area (Å²) in [5.74, 6) is -0.585. The van der Waals surface area contributed by atoms with E-state index in [2.05, 4.69) is 28.8 Å². The summed E-state index contributed by atoms with van der Waals surface area (Å²) >= 11 is 0. The number of aromatic nitrogens is 3. The summed E-state index contributed by atoms with van der Waals surface area (Å²) < 4.78 is 6.52. The van der Waals surface area contributed by atoms with Gasteiger partial charge >= 0.3 is 5.97 Å². The van der Waals surface area contributed by atoms with Crippen molar-refractivity contribution in [3.8, 4) is 0 Å². The summed E-state index contributed by atoms with van der Waals surface area (Å²) in [6, 6.07) is -0.534. The van der Waals surface area contributed by atoms with Gasteiger partial charge in [-0.2, -0.15) is 5.10 Å². The third-order valence-corrected chi connectivity index (χ3v) is 5.18. The van der Waals surface area contributed by atoms with Gasteiger partial charge in [-0.3, -0.25) is 9.69 Å². The second-order valence-electron chi connectivity index (χ2n) is 6.78. The number of carbonyl (C=O) groups is 2. The molecule has 2 aromatic heterocycles. The molecule has 1 aliphatic heterocycles. The van der Waals surface area contributed by atoms with E-state index < -0.39 is 6.04 Å². The minimum Gasteiger partial charge on any atom is -0.467 e. The molecule has 0 unspecified atom stereocenters. The van der Waals surface area contributed by atoms with Crippen LogP contribution in [0.1, 0.15) is 49.0 Å². The molecule has 8 nitrogen and oxygen atoms in total. The maximum Gasteiger partial charge on any atom is 0.328 e. The Morgan fingerprint density at radius 2 is 2.04 bits per heavy atom. The van der Waals surface area contributed by atoms with E-state index in [9.17, 15) is 9.59 Å². The van der Waals surface area contributed by atoms with Crippen LogP contribution in [0, 0.1) is 0 Å². The number of methoxy groups -OCH3 is 1. The zero-order valence-corrected chi connectivity index (χ0v) is 16.2. The van der Waals surface area contributed by atoms with Crippen LogP contribution in [0.5, 0.6) is 0 Å². The summed E-state index contributed by atoms with van der Waals surface area (Å²) in [6.07, 6.45) is 7.64. The molecule has 1 fully saturated rings. The first-order valence-electron chi connectivity index (χ1n) is 9.52. The van der Waals surface area contributed by atoms with E-state index in [0.29, 0.717) is 24.2 Å². The second kappa shape index (κ2) is 8.47. The highest BCUT2D eigenvalue weighted by atomic mass is 16.5.